The Labute approximate surface area is 227 Å². The summed E-state index contributed by atoms with van der Waals surface area (Å²) in [4.78, 5) is 40.7. The van der Waals surface area contributed by atoms with Crippen LogP contribution in [-0.4, -0.2) is 41.3 Å². The number of hydrogen-bond donors (Lipinski definition) is 0. The van der Waals surface area contributed by atoms with Gasteiger partial charge in [-0.25, -0.2) is 4.39 Å². The molecule has 0 spiro atoms. The Morgan fingerprint density at radius 3 is 2.33 bits per heavy atom. The SMILES string of the molecule is CC(C)(C)OC(=O)CCC(C(=O)c1c(F)c#ccc1F)c1cccc(-c2cccc(C(=O)N3CCCC3)c2)c1. The molecule has 0 saturated carbocycles. The first-order valence-electron chi connectivity index (χ1n) is 13.1. The smallest absolute Gasteiger partial charge is 0.306 e. The zero-order valence-corrected chi connectivity index (χ0v) is 22.4. The van der Waals surface area contributed by atoms with E-state index in [0.29, 0.717) is 11.1 Å². The fourth-order valence-electron chi connectivity index (χ4n) is 4.78. The normalized spacial score (nSPS) is 14.0. The topological polar surface area (TPSA) is 63.7 Å². The summed E-state index contributed by atoms with van der Waals surface area (Å²) in [5.41, 5.74) is 1.12. The van der Waals surface area contributed by atoms with Crippen molar-refractivity contribution < 1.29 is 27.9 Å². The van der Waals surface area contributed by atoms with Crippen LogP contribution < -0.4 is 0 Å². The van der Waals surface area contributed by atoms with Gasteiger partial charge in [0.05, 0.1) is 5.56 Å². The lowest BCUT2D eigenvalue weighted by Crippen LogP contribution is -2.27. The third-order valence-corrected chi connectivity index (χ3v) is 6.58. The van der Waals surface area contributed by atoms with E-state index >= 15 is 0 Å². The van der Waals surface area contributed by atoms with E-state index in [1.807, 2.05) is 17.0 Å². The molecule has 1 saturated heterocycles. The Bertz CT molecular complexity index is 1350. The van der Waals surface area contributed by atoms with Gasteiger partial charge in [0.15, 0.2) is 11.6 Å². The number of ether oxygens (including phenoxy) is 1. The Morgan fingerprint density at radius 2 is 1.67 bits per heavy atom. The minimum absolute atomic E-state index is 0.0117. The van der Waals surface area contributed by atoms with Crippen LogP contribution >= 0.6 is 0 Å². The third-order valence-electron chi connectivity index (χ3n) is 6.58. The molecule has 7 heteroatoms. The summed E-state index contributed by atoms with van der Waals surface area (Å²) in [5.74, 6) is -4.53. The average molecular weight is 532 g/mol. The van der Waals surface area contributed by atoms with Crippen molar-refractivity contribution in [1.29, 1.82) is 0 Å². The Balaban J connectivity index is 1.67. The number of rotatable bonds is 8. The van der Waals surface area contributed by atoms with E-state index < -0.39 is 40.5 Å². The lowest BCUT2D eigenvalue weighted by atomic mass is 9.85. The first-order valence-corrected chi connectivity index (χ1v) is 13.1. The predicted molar refractivity (Wildman–Crippen MR) is 143 cm³/mol. The van der Waals surface area contributed by atoms with Crippen molar-refractivity contribution in [3.8, 4) is 11.1 Å². The average Bonchev–Trinajstić information content (AvgIpc) is 3.43. The Kier molecular flexibility index (Phi) is 8.44. The molecule has 1 unspecified atom stereocenters. The fourth-order valence-corrected chi connectivity index (χ4v) is 4.78. The van der Waals surface area contributed by atoms with Crippen LogP contribution in [0.4, 0.5) is 8.78 Å². The second-order valence-corrected chi connectivity index (χ2v) is 10.7. The van der Waals surface area contributed by atoms with Crippen LogP contribution in [0, 0.1) is 23.8 Å². The maximum absolute atomic E-state index is 14.6. The van der Waals surface area contributed by atoms with E-state index in [2.05, 4.69) is 12.1 Å². The summed E-state index contributed by atoms with van der Waals surface area (Å²) in [7, 11) is 0. The number of halogens is 2. The van der Waals surface area contributed by atoms with Gasteiger partial charge in [-0.1, -0.05) is 42.5 Å². The molecule has 5 nitrogen and oxygen atoms in total. The lowest BCUT2D eigenvalue weighted by molar-refractivity contribution is -0.154. The standard InChI is InChI=1S/C32H31F2NO4/c1-32(2,3)39-28(36)16-15-25(30(37)29-26(33)13-8-14-27(29)34)23-11-6-9-21(19-23)22-10-7-12-24(20-22)31(38)35-17-4-5-18-35/h6-7,9-13,19-20,25H,4-5,15-18H2,1-3H3. The molecule has 1 aliphatic heterocycles. The molecule has 1 atom stereocenters. The first-order chi connectivity index (χ1) is 18.5. The molecule has 0 aromatic heterocycles. The highest BCUT2D eigenvalue weighted by molar-refractivity contribution is 6.01. The van der Waals surface area contributed by atoms with Crippen LogP contribution in [0.5, 0.6) is 0 Å². The number of carbonyl (C=O) groups is 3. The maximum Gasteiger partial charge on any atom is 0.306 e. The molecule has 1 aliphatic rings. The molecule has 1 amide bonds. The third kappa shape index (κ3) is 6.88. The highest BCUT2D eigenvalue weighted by Crippen LogP contribution is 2.32. The molecule has 0 bridgehead atoms. The lowest BCUT2D eigenvalue weighted by Gasteiger charge is -2.21. The van der Waals surface area contributed by atoms with Crippen LogP contribution in [0.2, 0.25) is 0 Å². The molecule has 0 radical (unpaired) electrons. The molecule has 0 aliphatic carbocycles. The maximum atomic E-state index is 14.6. The minimum atomic E-state index is -1.13. The van der Waals surface area contributed by atoms with Crippen molar-refractivity contribution in [2.24, 2.45) is 0 Å². The zero-order chi connectivity index (χ0) is 28.2. The van der Waals surface area contributed by atoms with Gasteiger partial charge < -0.3 is 9.64 Å². The van der Waals surface area contributed by atoms with Crippen molar-refractivity contribution in [2.45, 2.75) is 58.0 Å². The number of likely N-dealkylation sites (tertiary alicyclic amines) is 1. The van der Waals surface area contributed by atoms with Crippen molar-refractivity contribution in [3.05, 3.63) is 95.1 Å². The van der Waals surface area contributed by atoms with E-state index in [0.717, 1.165) is 43.1 Å². The summed E-state index contributed by atoms with van der Waals surface area (Å²) in [6, 6.07) is 19.5. The summed E-state index contributed by atoms with van der Waals surface area (Å²) in [6.07, 6.45) is 1.85. The number of nitrogens with zero attached hydrogens (tertiary/aromatic N) is 1. The molecule has 3 aromatic carbocycles. The summed E-state index contributed by atoms with van der Waals surface area (Å²) in [6.45, 7) is 6.69. The van der Waals surface area contributed by atoms with Gasteiger partial charge in [-0.05, 0) is 74.9 Å². The largest absolute Gasteiger partial charge is 0.460 e. The van der Waals surface area contributed by atoms with Gasteiger partial charge in [0.2, 0.25) is 0 Å². The molecular weight excluding hydrogens is 500 g/mol. The van der Waals surface area contributed by atoms with Crippen LogP contribution in [0.1, 0.15) is 78.7 Å². The first kappa shape index (κ1) is 28.0. The highest BCUT2D eigenvalue weighted by atomic mass is 19.1. The van der Waals surface area contributed by atoms with Gasteiger partial charge in [0.25, 0.3) is 5.91 Å². The van der Waals surface area contributed by atoms with E-state index in [1.54, 1.807) is 57.2 Å². The van der Waals surface area contributed by atoms with Crippen LogP contribution in [0.25, 0.3) is 11.1 Å². The van der Waals surface area contributed by atoms with E-state index in [1.165, 1.54) is 0 Å². The van der Waals surface area contributed by atoms with Crippen LogP contribution in [-0.2, 0) is 9.53 Å². The second kappa shape index (κ2) is 11.8. The number of ketones is 1. The Hall–Kier alpha value is -4.05. The quantitative estimate of drug-likeness (QED) is 0.244. The van der Waals surface area contributed by atoms with Crippen molar-refractivity contribution in [2.75, 3.05) is 13.1 Å². The van der Waals surface area contributed by atoms with Gasteiger partial charge >= 0.3 is 5.97 Å². The number of amides is 1. The zero-order valence-electron chi connectivity index (χ0n) is 22.4. The predicted octanol–water partition coefficient (Wildman–Crippen LogP) is 6.56. The minimum Gasteiger partial charge on any atom is -0.460 e. The van der Waals surface area contributed by atoms with Crippen molar-refractivity contribution in [1.82, 2.24) is 4.90 Å². The van der Waals surface area contributed by atoms with Crippen LogP contribution in [0.15, 0.2) is 54.6 Å². The van der Waals surface area contributed by atoms with Gasteiger partial charge in [0.1, 0.15) is 11.4 Å². The summed E-state index contributed by atoms with van der Waals surface area (Å²) >= 11 is 0. The number of hydrogen-bond acceptors (Lipinski definition) is 4. The monoisotopic (exact) mass is 531 g/mol. The number of benzene rings is 2. The number of Topliss-reactive ketones (excluding diaryl/α,β-unsaturated/α-hetero) is 1. The molecule has 3 aromatic rings. The van der Waals surface area contributed by atoms with E-state index in [4.69, 9.17) is 4.74 Å². The summed E-state index contributed by atoms with van der Waals surface area (Å²) < 4.78 is 34.4. The van der Waals surface area contributed by atoms with Gasteiger partial charge in [0, 0.05) is 37.1 Å². The molecular formula is C32H31F2NO4. The van der Waals surface area contributed by atoms with Crippen molar-refractivity contribution >= 4 is 17.7 Å². The van der Waals surface area contributed by atoms with E-state index in [9.17, 15) is 23.2 Å². The van der Waals surface area contributed by atoms with Crippen molar-refractivity contribution in [3.63, 3.8) is 0 Å². The highest BCUT2D eigenvalue weighted by Gasteiger charge is 2.29. The summed E-state index contributed by atoms with van der Waals surface area (Å²) in [5, 5.41) is 0. The van der Waals surface area contributed by atoms with Crippen LogP contribution in [0.3, 0.4) is 0 Å². The van der Waals surface area contributed by atoms with Gasteiger partial charge in [-0.15, -0.1) is 0 Å². The fraction of sp³-hybridized carbons (Fsp3) is 0.344. The van der Waals surface area contributed by atoms with Gasteiger partial charge in [-0.2, -0.15) is 4.39 Å². The number of carbonyl (C=O) groups excluding carboxylic acids is 3. The van der Waals surface area contributed by atoms with Gasteiger partial charge in [-0.3, -0.25) is 14.4 Å². The molecule has 0 N–H and O–H groups in total. The number of esters is 1. The molecule has 1 fully saturated rings. The molecule has 4 rings (SSSR count). The second-order valence-electron chi connectivity index (χ2n) is 10.7. The van der Waals surface area contributed by atoms with E-state index in [-0.39, 0.29) is 18.7 Å². The molecule has 39 heavy (non-hydrogen) atoms. The molecule has 202 valence electrons. The molecule has 1 heterocycles. The Morgan fingerprint density at radius 1 is 1.00 bits per heavy atom.